The molecule has 5 nitrogen and oxygen atoms in total. The van der Waals surface area contributed by atoms with Crippen LogP contribution in [0.3, 0.4) is 0 Å². The summed E-state index contributed by atoms with van der Waals surface area (Å²) in [5.41, 5.74) is 2.28. The van der Waals surface area contributed by atoms with Gasteiger partial charge in [0, 0.05) is 30.1 Å². The van der Waals surface area contributed by atoms with Crippen molar-refractivity contribution in [3.8, 4) is 23.0 Å². The Labute approximate surface area is 182 Å². The highest BCUT2D eigenvalue weighted by Crippen LogP contribution is 2.48. The van der Waals surface area contributed by atoms with E-state index >= 15 is 0 Å². The van der Waals surface area contributed by atoms with E-state index in [1.54, 1.807) is 28.4 Å². The Bertz CT molecular complexity index is 1220. The van der Waals surface area contributed by atoms with Crippen molar-refractivity contribution in [3.63, 3.8) is 0 Å². The van der Waals surface area contributed by atoms with Crippen LogP contribution < -0.4 is 23.8 Å². The Morgan fingerprint density at radius 1 is 0.710 bits per heavy atom. The average molecular weight is 418 g/mol. The second kappa shape index (κ2) is 8.64. The maximum atomic E-state index is 5.84. The molecule has 5 heteroatoms. The molecule has 0 aliphatic carbocycles. The Balaban J connectivity index is 1.94. The molecule has 0 radical (unpaired) electrons. The smallest absolute Gasteiger partial charge is 0.203 e. The van der Waals surface area contributed by atoms with Gasteiger partial charge in [0.1, 0.15) is 5.75 Å². The van der Waals surface area contributed by atoms with Gasteiger partial charge >= 0.3 is 0 Å². The molecule has 0 spiro atoms. The van der Waals surface area contributed by atoms with Crippen molar-refractivity contribution in [1.29, 1.82) is 0 Å². The Hall–Kier alpha value is -3.60. The SMILES string of the molecule is COc1ccc(CN(C)c2cc3ccccc3c3c(OC)c(OC)c(OC)cc23)cc1. The molecular weight excluding hydrogens is 390 g/mol. The van der Waals surface area contributed by atoms with Gasteiger partial charge in [-0.2, -0.15) is 0 Å². The van der Waals surface area contributed by atoms with Gasteiger partial charge in [0.15, 0.2) is 11.5 Å². The van der Waals surface area contributed by atoms with Crippen LogP contribution in [-0.2, 0) is 6.54 Å². The molecule has 0 fully saturated rings. The molecule has 0 aliphatic rings. The van der Waals surface area contributed by atoms with Crippen LogP contribution in [-0.4, -0.2) is 35.5 Å². The van der Waals surface area contributed by atoms with Gasteiger partial charge in [-0.1, -0.05) is 36.4 Å². The van der Waals surface area contributed by atoms with Gasteiger partial charge in [-0.3, -0.25) is 0 Å². The third-order valence-corrected chi connectivity index (χ3v) is 5.62. The van der Waals surface area contributed by atoms with Crippen LogP contribution in [0.15, 0.2) is 60.7 Å². The number of rotatable bonds is 7. The number of fused-ring (bicyclic) bond motifs is 3. The standard InChI is InChI=1S/C26H27NO4/c1-27(16-17-10-12-19(28-2)13-11-17)22-14-18-8-6-7-9-20(18)24-21(22)15-23(29-3)25(30-4)26(24)31-5/h6-15H,16H2,1-5H3. The van der Waals surface area contributed by atoms with Crippen LogP contribution in [0.5, 0.6) is 23.0 Å². The van der Waals surface area contributed by atoms with Crippen LogP contribution >= 0.6 is 0 Å². The lowest BCUT2D eigenvalue weighted by atomic mass is 9.97. The van der Waals surface area contributed by atoms with E-state index in [0.29, 0.717) is 17.2 Å². The lowest BCUT2D eigenvalue weighted by Crippen LogP contribution is -2.17. The summed E-state index contributed by atoms with van der Waals surface area (Å²) in [6, 6.07) is 20.7. The largest absolute Gasteiger partial charge is 0.497 e. The maximum Gasteiger partial charge on any atom is 0.203 e. The van der Waals surface area contributed by atoms with E-state index in [0.717, 1.165) is 39.5 Å². The first-order chi connectivity index (χ1) is 15.1. The first kappa shape index (κ1) is 20.7. The van der Waals surface area contributed by atoms with Crippen LogP contribution in [0.4, 0.5) is 5.69 Å². The summed E-state index contributed by atoms with van der Waals surface area (Å²) in [5.74, 6) is 2.76. The molecule has 4 aromatic rings. The second-order valence-electron chi connectivity index (χ2n) is 7.39. The van der Waals surface area contributed by atoms with Gasteiger partial charge < -0.3 is 23.8 Å². The quantitative estimate of drug-likeness (QED) is 0.363. The second-order valence-corrected chi connectivity index (χ2v) is 7.39. The minimum atomic E-state index is 0.595. The summed E-state index contributed by atoms with van der Waals surface area (Å²) < 4.78 is 22.4. The van der Waals surface area contributed by atoms with E-state index in [9.17, 15) is 0 Å². The number of hydrogen-bond donors (Lipinski definition) is 0. The highest BCUT2D eigenvalue weighted by Gasteiger charge is 2.21. The summed E-state index contributed by atoms with van der Waals surface area (Å²) in [7, 11) is 8.71. The lowest BCUT2D eigenvalue weighted by Gasteiger charge is -2.24. The highest BCUT2D eigenvalue weighted by molar-refractivity contribution is 6.17. The third-order valence-electron chi connectivity index (χ3n) is 5.62. The molecule has 31 heavy (non-hydrogen) atoms. The number of methoxy groups -OCH3 is 4. The summed E-state index contributed by atoms with van der Waals surface area (Å²) in [4.78, 5) is 2.24. The molecule has 4 aromatic carbocycles. The monoisotopic (exact) mass is 417 g/mol. The van der Waals surface area contributed by atoms with Crippen LogP contribution in [0.1, 0.15) is 5.56 Å². The number of hydrogen-bond acceptors (Lipinski definition) is 5. The van der Waals surface area contributed by atoms with Crippen molar-refractivity contribution in [2.45, 2.75) is 6.54 Å². The van der Waals surface area contributed by atoms with E-state index in [4.69, 9.17) is 18.9 Å². The van der Waals surface area contributed by atoms with Gasteiger partial charge in [-0.25, -0.2) is 0 Å². The van der Waals surface area contributed by atoms with Gasteiger partial charge in [-0.05, 0) is 40.6 Å². The van der Waals surface area contributed by atoms with Crippen LogP contribution in [0.2, 0.25) is 0 Å². The summed E-state index contributed by atoms with van der Waals surface area (Å²) >= 11 is 0. The van der Waals surface area contributed by atoms with Crippen molar-refractivity contribution >= 4 is 27.2 Å². The van der Waals surface area contributed by atoms with Crippen molar-refractivity contribution in [1.82, 2.24) is 0 Å². The first-order valence-corrected chi connectivity index (χ1v) is 10.1. The predicted molar refractivity (Wildman–Crippen MR) is 126 cm³/mol. The number of ether oxygens (including phenoxy) is 4. The highest BCUT2D eigenvalue weighted by atomic mass is 16.5. The van der Waals surface area contributed by atoms with E-state index in [1.807, 2.05) is 24.3 Å². The Kier molecular flexibility index (Phi) is 5.76. The van der Waals surface area contributed by atoms with Gasteiger partial charge in [0.2, 0.25) is 5.75 Å². The zero-order valence-electron chi connectivity index (χ0n) is 18.6. The molecule has 0 saturated heterocycles. The zero-order chi connectivity index (χ0) is 22.0. The molecular formula is C26H27NO4. The fraction of sp³-hybridized carbons (Fsp3) is 0.231. The molecule has 0 aliphatic heterocycles. The van der Waals surface area contributed by atoms with E-state index in [1.165, 1.54) is 5.56 Å². The summed E-state index contributed by atoms with van der Waals surface area (Å²) in [6.07, 6.45) is 0. The Morgan fingerprint density at radius 3 is 2.06 bits per heavy atom. The van der Waals surface area contributed by atoms with Crippen molar-refractivity contribution in [2.75, 3.05) is 40.4 Å². The molecule has 0 unspecified atom stereocenters. The minimum Gasteiger partial charge on any atom is -0.497 e. The van der Waals surface area contributed by atoms with Gasteiger partial charge in [0.05, 0.1) is 28.4 Å². The van der Waals surface area contributed by atoms with E-state index in [2.05, 4.69) is 48.3 Å². The lowest BCUT2D eigenvalue weighted by molar-refractivity contribution is 0.327. The van der Waals surface area contributed by atoms with Gasteiger partial charge in [-0.15, -0.1) is 0 Å². The summed E-state index contributed by atoms with van der Waals surface area (Å²) in [6.45, 7) is 0.744. The van der Waals surface area contributed by atoms with E-state index in [-0.39, 0.29) is 0 Å². The fourth-order valence-corrected chi connectivity index (χ4v) is 4.11. The number of benzene rings is 4. The number of anilines is 1. The Morgan fingerprint density at radius 2 is 1.42 bits per heavy atom. The number of nitrogens with zero attached hydrogens (tertiary/aromatic N) is 1. The molecule has 0 saturated carbocycles. The average Bonchev–Trinajstić information content (AvgIpc) is 2.82. The van der Waals surface area contributed by atoms with Crippen molar-refractivity contribution < 1.29 is 18.9 Å². The molecule has 160 valence electrons. The normalized spacial score (nSPS) is 10.9. The van der Waals surface area contributed by atoms with Gasteiger partial charge in [0.25, 0.3) is 0 Å². The molecule has 0 heterocycles. The molecule has 0 aromatic heterocycles. The topological polar surface area (TPSA) is 40.2 Å². The third kappa shape index (κ3) is 3.67. The van der Waals surface area contributed by atoms with Crippen molar-refractivity contribution in [2.24, 2.45) is 0 Å². The van der Waals surface area contributed by atoms with Crippen molar-refractivity contribution in [3.05, 3.63) is 66.2 Å². The summed E-state index contributed by atoms with van der Waals surface area (Å²) in [5, 5.41) is 4.30. The maximum absolute atomic E-state index is 5.84. The molecule has 0 bridgehead atoms. The predicted octanol–water partition coefficient (Wildman–Crippen LogP) is 5.66. The fourth-order valence-electron chi connectivity index (χ4n) is 4.11. The molecule has 0 amide bonds. The minimum absolute atomic E-state index is 0.595. The van der Waals surface area contributed by atoms with Crippen LogP contribution in [0.25, 0.3) is 21.5 Å². The molecule has 0 atom stereocenters. The zero-order valence-corrected chi connectivity index (χ0v) is 18.6. The van der Waals surface area contributed by atoms with E-state index < -0.39 is 0 Å². The molecule has 0 N–H and O–H groups in total. The first-order valence-electron chi connectivity index (χ1n) is 10.1. The molecule has 4 rings (SSSR count). The van der Waals surface area contributed by atoms with Crippen LogP contribution in [0, 0.1) is 0 Å².